The second-order valence-electron chi connectivity index (χ2n) is 4.77. The third-order valence-corrected chi connectivity index (χ3v) is 3.45. The molecule has 1 aliphatic rings. The molecule has 98 valence electrons. The summed E-state index contributed by atoms with van der Waals surface area (Å²) < 4.78 is 13.3. The number of benzene rings is 1. The van der Waals surface area contributed by atoms with Gasteiger partial charge in [0.15, 0.2) is 0 Å². The molecule has 2 rings (SSSR count). The zero-order valence-corrected chi connectivity index (χ0v) is 9.99. The standard InChI is InChI=1S/C12H16FN3O2/c13-9-5-10(7-11(6-9)16(17)18)15-12(8-14)3-1-2-4-12/h5-7,15H,1-4,8,14H2. The number of hydrogen-bond donors (Lipinski definition) is 2. The van der Waals surface area contributed by atoms with Crippen LogP contribution < -0.4 is 11.1 Å². The molecule has 0 radical (unpaired) electrons. The summed E-state index contributed by atoms with van der Waals surface area (Å²) in [5, 5.41) is 13.8. The fourth-order valence-electron chi connectivity index (χ4n) is 2.49. The van der Waals surface area contributed by atoms with Crippen LogP contribution in [-0.2, 0) is 0 Å². The summed E-state index contributed by atoms with van der Waals surface area (Å²) in [6, 6.07) is 3.52. The van der Waals surface area contributed by atoms with Gasteiger partial charge in [-0.2, -0.15) is 0 Å². The first-order valence-electron chi connectivity index (χ1n) is 5.98. The SMILES string of the molecule is NCC1(Nc2cc(F)cc([N+](=O)[O-])c2)CCCC1. The van der Waals surface area contributed by atoms with Crippen molar-refractivity contribution in [2.45, 2.75) is 31.2 Å². The molecule has 1 aromatic carbocycles. The van der Waals surface area contributed by atoms with E-state index in [9.17, 15) is 14.5 Å². The van der Waals surface area contributed by atoms with Gasteiger partial charge in [-0.25, -0.2) is 4.39 Å². The van der Waals surface area contributed by atoms with Crippen molar-refractivity contribution in [2.24, 2.45) is 5.73 Å². The lowest BCUT2D eigenvalue weighted by atomic mass is 9.97. The summed E-state index contributed by atoms with van der Waals surface area (Å²) in [5.41, 5.74) is 5.69. The second-order valence-corrected chi connectivity index (χ2v) is 4.77. The third-order valence-electron chi connectivity index (χ3n) is 3.45. The smallest absolute Gasteiger partial charge is 0.274 e. The van der Waals surface area contributed by atoms with Crippen LogP contribution >= 0.6 is 0 Å². The lowest BCUT2D eigenvalue weighted by Gasteiger charge is -2.29. The van der Waals surface area contributed by atoms with Gasteiger partial charge in [-0.3, -0.25) is 10.1 Å². The van der Waals surface area contributed by atoms with Crippen LogP contribution in [0.3, 0.4) is 0 Å². The quantitative estimate of drug-likeness (QED) is 0.637. The molecule has 0 aromatic heterocycles. The average Bonchev–Trinajstić information content (AvgIpc) is 2.77. The molecule has 0 heterocycles. The first-order chi connectivity index (χ1) is 8.54. The van der Waals surface area contributed by atoms with Crippen molar-refractivity contribution in [3.8, 4) is 0 Å². The molecule has 6 heteroatoms. The van der Waals surface area contributed by atoms with Gasteiger partial charge in [-0.15, -0.1) is 0 Å². The fourth-order valence-corrected chi connectivity index (χ4v) is 2.49. The van der Waals surface area contributed by atoms with Gasteiger partial charge in [0, 0.05) is 23.8 Å². The number of nitro benzene ring substituents is 1. The Labute approximate surface area is 104 Å². The summed E-state index contributed by atoms with van der Waals surface area (Å²) in [6.45, 7) is 0.442. The van der Waals surface area contributed by atoms with Gasteiger partial charge >= 0.3 is 0 Å². The van der Waals surface area contributed by atoms with Crippen molar-refractivity contribution in [1.82, 2.24) is 0 Å². The average molecular weight is 253 g/mol. The number of non-ortho nitro benzene ring substituents is 1. The highest BCUT2D eigenvalue weighted by Gasteiger charge is 2.32. The maximum Gasteiger partial charge on any atom is 0.274 e. The van der Waals surface area contributed by atoms with E-state index in [2.05, 4.69) is 5.32 Å². The highest BCUT2D eigenvalue weighted by atomic mass is 19.1. The van der Waals surface area contributed by atoms with Gasteiger partial charge < -0.3 is 11.1 Å². The van der Waals surface area contributed by atoms with Crippen molar-refractivity contribution in [1.29, 1.82) is 0 Å². The highest BCUT2D eigenvalue weighted by molar-refractivity contribution is 5.53. The van der Waals surface area contributed by atoms with Crippen LogP contribution in [0.2, 0.25) is 0 Å². The molecule has 5 nitrogen and oxygen atoms in total. The van der Waals surface area contributed by atoms with E-state index in [1.165, 1.54) is 12.1 Å². The van der Waals surface area contributed by atoms with Crippen LogP contribution in [0.15, 0.2) is 18.2 Å². The molecule has 1 fully saturated rings. The molecule has 1 aliphatic carbocycles. The minimum absolute atomic E-state index is 0.248. The Morgan fingerprint density at radius 2 is 2.06 bits per heavy atom. The molecule has 1 saturated carbocycles. The van der Waals surface area contributed by atoms with E-state index >= 15 is 0 Å². The molecular formula is C12H16FN3O2. The lowest BCUT2D eigenvalue weighted by Crippen LogP contribution is -2.42. The van der Waals surface area contributed by atoms with E-state index in [0.717, 1.165) is 31.7 Å². The number of anilines is 1. The number of halogens is 1. The van der Waals surface area contributed by atoms with E-state index in [1.54, 1.807) is 0 Å². The van der Waals surface area contributed by atoms with Crippen LogP contribution in [0, 0.1) is 15.9 Å². The summed E-state index contributed by atoms with van der Waals surface area (Å²) in [7, 11) is 0. The molecule has 3 N–H and O–H groups in total. The minimum Gasteiger partial charge on any atom is -0.378 e. The number of nitro groups is 1. The molecule has 0 saturated heterocycles. The van der Waals surface area contributed by atoms with Crippen LogP contribution in [0.4, 0.5) is 15.8 Å². The van der Waals surface area contributed by atoms with Gasteiger partial charge in [0.05, 0.1) is 11.0 Å². The molecular weight excluding hydrogens is 237 g/mol. The first-order valence-corrected chi connectivity index (χ1v) is 5.98. The van der Waals surface area contributed by atoms with Crippen molar-refractivity contribution in [3.63, 3.8) is 0 Å². The van der Waals surface area contributed by atoms with Crippen LogP contribution in [-0.4, -0.2) is 17.0 Å². The van der Waals surface area contributed by atoms with E-state index < -0.39 is 10.7 Å². The number of rotatable bonds is 4. The summed E-state index contributed by atoms with van der Waals surface area (Å²) in [6.07, 6.45) is 3.96. The maximum absolute atomic E-state index is 13.3. The van der Waals surface area contributed by atoms with Crippen LogP contribution in [0.25, 0.3) is 0 Å². The van der Waals surface area contributed by atoms with Crippen molar-refractivity contribution in [2.75, 3.05) is 11.9 Å². The van der Waals surface area contributed by atoms with E-state index in [1.807, 2.05) is 0 Å². The van der Waals surface area contributed by atoms with E-state index in [-0.39, 0.29) is 11.2 Å². The highest BCUT2D eigenvalue weighted by Crippen LogP contribution is 2.33. The largest absolute Gasteiger partial charge is 0.378 e. The minimum atomic E-state index is -0.614. The molecule has 1 aromatic rings. The lowest BCUT2D eigenvalue weighted by molar-refractivity contribution is -0.385. The zero-order chi connectivity index (χ0) is 13.2. The number of nitrogens with two attached hydrogens (primary N) is 1. The predicted octanol–water partition coefficient (Wildman–Crippen LogP) is 2.42. The molecule has 0 bridgehead atoms. The van der Waals surface area contributed by atoms with E-state index in [4.69, 9.17) is 5.73 Å². The Morgan fingerprint density at radius 1 is 1.39 bits per heavy atom. The molecule has 0 aliphatic heterocycles. The van der Waals surface area contributed by atoms with Gasteiger partial charge in [0.25, 0.3) is 5.69 Å². The molecule has 0 spiro atoms. The third kappa shape index (κ3) is 2.59. The zero-order valence-electron chi connectivity index (χ0n) is 9.99. The monoisotopic (exact) mass is 253 g/mol. The normalized spacial score (nSPS) is 17.7. The van der Waals surface area contributed by atoms with Crippen molar-refractivity contribution >= 4 is 11.4 Å². The molecule has 0 atom stereocenters. The Hall–Kier alpha value is -1.69. The Balaban J connectivity index is 2.25. The Morgan fingerprint density at radius 3 is 2.61 bits per heavy atom. The predicted molar refractivity (Wildman–Crippen MR) is 66.9 cm³/mol. The summed E-state index contributed by atoms with van der Waals surface area (Å²) in [5.74, 6) is -0.614. The number of nitrogens with zero attached hydrogens (tertiary/aromatic N) is 1. The van der Waals surface area contributed by atoms with Gasteiger partial charge in [0.2, 0.25) is 0 Å². The van der Waals surface area contributed by atoms with Gasteiger partial charge in [-0.1, -0.05) is 12.8 Å². The second kappa shape index (κ2) is 4.89. The fraction of sp³-hybridized carbons (Fsp3) is 0.500. The molecule has 0 unspecified atom stereocenters. The van der Waals surface area contributed by atoms with Crippen molar-refractivity contribution in [3.05, 3.63) is 34.1 Å². The number of hydrogen-bond acceptors (Lipinski definition) is 4. The first kappa shape index (κ1) is 12.8. The maximum atomic E-state index is 13.3. The van der Waals surface area contributed by atoms with E-state index in [0.29, 0.717) is 12.2 Å². The van der Waals surface area contributed by atoms with Gasteiger partial charge in [0.1, 0.15) is 5.82 Å². The van der Waals surface area contributed by atoms with Crippen LogP contribution in [0.1, 0.15) is 25.7 Å². The summed E-state index contributed by atoms with van der Waals surface area (Å²) >= 11 is 0. The Kier molecular flexibility index (Phi) is 3.47. The van der Waals surface area contributed by atoms with Crippen molar-refractivity contribution < 1.29 is 9.31 Å². The molecule has 18 heavy (non-hydrogen) atoms. The molecule has 0 amide bonds. The summed E-state index contributed by atoms with van der Waals surface area (Å²) in [4.78, 5) is 10.1. The van der Waals surface area contributed by atoms with Gasteiger partial charge in [-0.05, 0) is 18.9 Å². The van der Waals surface area contributed by atoms with Crippen LogP contribution in [0.5, 0.6) is 0 Å². The Bertz CT molecular complexity index is 459. The number of nitrogens with one attached hydrogen (secondary N) is 1. The topological polar surface area (TPSA) is 81.2 Å².